The van der Waals surface area contributed by atoms with Gasteiger partial charge in [0.15, 0.2) is 0 Å². The Morgan fingerprint density at radius 1 is 1.58 bits per heavy atom. The van der Waals surface area contributed by atoms with Crippen LogP contribution in [0.15, 0.2) is 6.33 Å². The number of anilines is 1. The number of fused-ring (bicyclic) bond motifs is 1. The number of likely N-dealkylation sites (N-methyl/N-ethyl adjacent to an activating group) is 1. The molecule has 0 saturated carbocycles. The standard InChI is InChI=1S/C11H16ClN5O2/c1-7-9(12)15-11-13-6-14-17(11)10(7)16(2)4-8(18)5-19-3/h6,8,18H,4-5H2,1-3H3. The van der Waals surface area contributed by atoms with Gasteiger partial charge in [0, 0.05) is 26.3 Å². The summed E-state index contributed by atoms with van der Waals surface area (Å²) >= 11 is 6.09. The molecule has 104 valence electrons. The molecule has 0 fully saturated rings. The number of ether oxygens (including phenoxy) is 1. The van der Waals surface area contributed by atoms with Crippen LogP contribution in [0.5, 0.6) is 0 Å². The van der Waals surface area contributed by atoms with Crippen LogP contribution in [0.3, 0.4) is 0 Å². The van der Waals surface area contributed by atoms with Crippen LogP contribution in [0.1, 0.15) is 5.56 Å². The molecule has 2 rings (SSSR count). The highest BCUT2D eigenvalue weighted by Gasteiger charge is 2.18. The SMILES string of the molecule is COCC(O)CN(C)c1c(C)c(Cl)nc2ncnn12. The maximum atomic E-state index is 9.80. The summed E-state index contributed by atoms with van der Waals surface area (Å²) < 4.78 is 6.51. The number of aliphatic hydroxyl groups is 1. The molecule has 2 aromatic rings. The Balaban J connectivity index is 2.37. The number of nitrogens with zero attached hydrogens (tertiary/aromatic N) is 5. The van der Waals surface area contributed by atoms with Gasteiger partial charge in [0.05, 0.1) is 12.7 Å². The average molecular weight is 286 g/mol. The van der Waals surface area contributed by atoms with E-state index in [1.807, 2.05) is 18.9 Å². The van der Waals surface area contributed by atoms with Crippen molar-refractivity contribution in [3.8, 4) is 0 Å². The largest absolute Gasteiger partial charge is 0.389 e. The second-order valence-electron chi connectivity index (χ2n) is 4.31. The maximum Gasteiger partial charge on any atom is 0.255 e. The zero-order chi connectivity index (χ0) is 14.0. The van der Waals surface area contributed by atoms with Crippen LogP contribution in [0, 0.1) is 6.92 Å². The van der Waals surface area contributed by atoms with Gasteiger partial charge in [0.1, 0.15) is 17.3 Å². The molecule has 0 radical (unpaired) electrons. The van der Waals surface area contributed by atoms with Gasteiger partial charge >= 0.3 is 0 Å². The van der Waals surface area contributed by atoms with Crippen molar-refractivity contribution in [2.45, 2.75) is 13.0 Å². The first-order valence-corrected chi connectivity index (χ1v) is 6.16. The minimum absolute atomic E-state index is 0.267. The van der Waals surface area contributed by atoms with Crippen molar-refractivity contribution >= 4 is 23.2 Å². The summed E-state index contributed by atoms with van der Waals surface area (Å²) in [7, 11) is 3.39. The second-order valence-corrected chi connectivity index (χ2v) is 4.67. The highest BCUT2D eigenvalue weighted by Crippen LogP contribution is 2.24. The van der Waals surface area contributed by atoms with E-state index in [0.29, 0.717) is 17.5 Å². The molecule has 0 aliphatic rings. The molecule has 2 aromatic heterocycles. The summed E-state index contributed by atoms with van der Waals surface area (Å²) in [5.74, 6) is 1.18. The van der Waals surface area contributed by atoms with E-state index in [9.17, 15) is 5.11 Å². The topological polar surface area (TPSA) is 75.8 Å². The highest BCUT2D eigenvalue weighted by atomic mass is 35.5. The van der Waals surface area contributed by atoms with Crippen molar-refractivity contribution in [3.05, 3.63) is 17.0 Å². The predicted octanol–water partition coefficient (Wildman–Crippen LogP) is 0.530. The lowest BCUT2D eigenvalue weighted by molar-refractivity contribution is 0.0693. The second kappa shape index (κ2) is 5.68. The molecular formula is C11H16ClN5O2. The Morgan fingerprint density at radius 3 is 3.00 bits per heavy atom. The Kier molecular flexibility index (Phi) is 4.18. The molecule has 8 heteroatoms. The van der Waals surface area contributed by atoms with Gasteiger partial charge in [0.25, 0.3) is 5.78 Å². The van der Waals surface area contributed by atoms with E-state index >= 15 is 0 Å². The molecule has 0 aromatic carbocycles. The molecule has 0 bridgehead atoms. The summed E-state index contributed by atoms with van der Waals surface area (Å²) in [6, 6.07) is 0. The fraction of sp³-hybridized carbons (Fsp3) is 0.545. The minimum Gasteiger partial charge on any atom is -0.389 e. The number of hydrogen-bond acceptors (Lipinski definition) is 6. The van der Waals surface area contributed by atoms with Gasteiger partial charge in [-0.1, -0.05) is 11.6 Å². The van der Waals surface area contributed by atoms with Gasteiger partial charge < -0.3 is 14.7 Å². The van der Waals surface area contributed by atoms with Crippen LogP contribution in [0.2, 0.25) is 5.15 Å². The van der Waals surface area contributed by atoms with Crippen molar-refractivity contribution < 1.29 is 9.84 Å². The molecular weight excluding hydrogens is 270 g/mol. The van der Waals surface area contributed by atoms with E-state index < -0.39 is 6.10 Å². The van der Waals surface area contributed by atoms with Gasteiger partial charge in [-0.15, -0.1) is 0 Å². The number of hydrogen-bond donors (Lipinski definition) is 1. The fourth-order valence-electron chi connectivity index (χ4n) is 1.98. The Morgan fingerprint density at radius 2 is 2.32 bits per heavy atom. The lowest BCUT2D eigenvalue weighted by Gasteiger charge is -2.24. The van der Waals surface area contributed by atoms with Crippen LogP contribution in [-0.4, -0.2) is 58.1 Å². The maximum absolute atomic E-state index is 9.80. The van der Waals surface area contributed by atoms with Gasteiger partial charge in [-0.25, -0.2) is 0 Å². The van der Waals surface area contributed by atoms with E-state index in [4.69, 9.17) is 16.3 Å². The van der Waals surface area contributed by atoms with Crippen LogP contribution < -0.4 is 4.90 Å². The van der Waals surface area contributed by atoms with Crippen LogP contribution in [-0.2, 0) is 4.74 Å². The lowest BCUT2D eigenvalue weighted by Crippen LogP contribution is -2.33. The van der Waals surface area contributed by atoms with Gasteiger partial charge in [-0.3, -0.25) is 0 Å². The Labute approximate surface area is 115 Å². The normalized spacial score (nSPS) is 12.9. The number of halogens is 1. The van der Waals surface area contributed by atoms with Gasteiger partial charge in [-0.2, -0.15) is 19.6 Å². The molecule has 0 saturated heterocycles. The Hall–Kier alpha value is -1.44. The zero-order valence-electron chi connectivity index (χ0n) is 11.0. The van der Waals surface area contributed by atoms with Crippen molar-refractivity contribution in [2.24, 2.45) is 0 Å². The first kappa shape index (κ1) is 14.0. The first-order valence-electron chi connectivity index (χ1n) is 5.78. The molecule has 0 spiro atoms. The average Bonchev–Trinajstić information content (AvgIpc) is 2.77. The van der Waals surface area contributed by atoms with Crippen LogP contribution in [0.25, 0.3) is 5.78 Å². The quantitative estimate of drug-likeness (QED) is 0.808. The molecule has 2 heterocycles. The van der Waals surface area contributed by atoms with Crippen LogP contribution in [0.4, 0.5) is 5.82 Å². The van der Waals surface area contributed by atoms with Gasteiger partial charge in [-0.05, 0) is 6.92 Å². The Bertz CT molecular complexity index is 573. The number of methoxy groups -OCH3 is 1. The van der Waals surface area contributed by atoms with Crippen molar-refractivity contribution in [1.82, 2.24) is 19.6 Å². The number of aliphatic hydroxyl groups excluding tert-OH is 1. The zero-order valence-corrected chi connectivity index (χ0v) is 11.8. The lowest BCUT2D eigenvalue weighted by atomic mass is 10.3. The summed E-state index contributed by atoms with van der Waals surface area (Å²) in [6.07, 6.45) is 0.820. The van der Waals surface area contributed by atoms with Crippen LogP contribution >= 0.6 is 11.6 Å². The molecule has 7 nitrogen and oxygen atoms in total. The van der Waals surface area contributed by atoms with E-state index in [2.05, 4.69) is 15.1 Å². The van der Waals surface area contributed by atoms with Crippen molar-refractivity contribution in [3.63, 3.8) is 0 Å². The smallest absolute Gasteiger partial charge is 0.255 e. The van der Waals surface area contributed by atoms with E-state index in [1.165, 1.54) is 6.33 Å². The molecule has 0 aliphatic heterocycles. The third-order valence-corrected chi connectivity index (χ3v) is 3.15. The molecule has 1 unspecified atom stereocenters. The summed E-state index contributed by atoms with van der Waals surface area (Å²) in [4.78, 5) is 10.0. The van der Waals surface area contributed by atoms with Gasteiger partial charge in [0.2, 0.25) is 0 Å². The molecule has 1 atom stereocenters. The highest BCUT2D eigenvalue weighted by molar-refractivity contribution is 6.30. The monoisotopic (exact) mass is 285 g/mol. The molecule has 0 amide bonds. The first-order chi connectivity index (χ1) is 9.04. The molecule has 19 heavy (non-hydrogen) atoms. The number of aromatic nitrogens is 4. The third-order valence-electron chi connectivity index (χ3n) is 2.78. The van der Waals surface area contributed by atoms with Crippen molar-refractivity contribution in [2.75, 3.05) is 32.2 Å². The minimum atomic E-state index is -0.597. The summed E-state index contributed by atoms with van der Waals surface area (Å²) in [6.45, 7) is 2.51. The summed E-state index contributed by atoms with van der Waals surface area (Å²) in [5.41, 5.74) is 0.784. The fourth-order valence-corrected chi connectivity index (χ4v) is 2.14. The number of rotatable bonds is 5. The molecule has 0 aliphatic carbocycles. The van der Waals surface area contributed by atoms with E-state index in [0.717, 1.165) is 11.4 Å². The van der Waals surface area contributed by atoms with E-state index in [1.54, 1.807) is 11.6 Å². The predicted molar refractivity (Wildman–Crippen MR) is 71.7 cm³/mol. The molecule has 1 N–H and O–H groups in total. The van der Waals surface area contributed by atoms with Crippen molar-refractivity contribution in [1.29, 1.82) is 0 Å². The summed E-state index contributed by atoms with van der Waals surface area (Å²) in [5, 5.41) is 14.3. The van der Waals surface area contributed by atoms with E-state index in [-0.39, 0.29) is 6.61 Å². The third kappa shape index (κ3) is 2.78.